The van der Waals surface area contributed by atoms with E-state index >= 15 is 0 Å². The molecular weight excluding hydrogens is 496 g/mol. The third-order valence-electron chi connectivity index (χ3n) is 6.18. The van der Waals surface area contributed by atoms with Crippen LogP contribution in [0.1, 0.15) is 29.9 Å². The Morgan fingerprint density at radius 3 is 2.59 bits per heavy atom. The number of benzene rings is 1. The van der Waals surface area contributed by atoms with E-state index in [4.69, 9.17) is 22.3 Å². The molecule has 1 saturated heterocycles. The first-order chi connectivity index (χ1) is 17.9. The van der Waals surface area contributed by atoms with E-state index in [0.717, 1.165) is 56.0 Å². The number of allylic oxidation sites excluding steroid dienone is 1. The number of hydrogen-bond acceptors (Lipinski definition) is 6. The number of hydrogen-bond donors (Lipinski definition) is 3. The molecule has 1 aromatic carbocycles. The van der Waals surface area contributed by atoms with Crippen LogP contribution in [-0.4, -0.2) is 55.2 Å². The van der Waals surface area contributed by atoms with Crippen molar-refractivity contribution >= 4 is 35.5 Å². The molecule has 1 aromatic heterocycles. The smallest absolute Gasteiger partial charge is 0.155 e. The number of rotatable bonds is 9. The second-order valence-corrected chi connectivity index (χ2v) is 9.22. The molecule has 7 nitrogen and oxygen atoms in total. The van der Waals surface area contributed by atoms with Gasteiger partial charge in [-0.25, -0.2) is 13.8 Å². The molecule has 0 atom stereocenters. The SMILES string of the molecule is C=Nc1c(Cl)ncc(C2CC2)c1/C(=N\CC(/C=C\N)=C/C(=C)Nc1c(F)cccc1F)N1CCNCC1. The lowest BCUT2D eigenvalue weighted by Gasteiger charge is -2.32. The Kier molecular flexibility index (Phi) is 8.68. The van der Waals surface area contributed by atoms with Gasteiger partial charge in [0, 0.05) is 38.1 Å². The Morgan fingerprint density at radius 2 is 1.97 bits per heavy atom. The van der Waals surface area contributed by atoms with Gasteiger partial charge in [-0.15, -0.1) is 0 Å². The van der Waals surface area contributed by atoms with Crippen molar-refractivity contribution < 1.29 is 8.78 Å². The highest BCUT2D eigenvalue weighted by Crippen LogP contribution is 2.45. The molecule has 0 bridgehead atoms. The molecule has 2 aliphatic rings. The van der Waals surface area contributed by atoms with E-state index in [1.54, 1.807) is 12.2 Å². The van der Waals surface area contributed by atoms with Crippen LogP contribution in [0.4, 0.5) is 20.2 Å². The number of aromatic nitrogens is 1. The van der Waals surface area contributed by atoms with Gasteiger partial charge in [-0.05, 0) is 67.1 Å². The summed E-state index contributed by atoms with van der Waals surface area (Å²) >= 11 is 6.44. The van der Waals surface area contributed by atoms with Gasteiger partial charge in [0.05, 0.1) is 12.1 Å². The molecule has 2 aromatic rings. The number of amidine groups is 1. The Bertz CT molecular complexity index is 1240. The van der Waals surface area contributed by atoms with E-state index in [9.17, 15) is 8.78 Å². The van der Waals surface area contributed by atoms with Crippen LogP contribution in [-0.2, 0) is 0 Å². The highest BCUT2D eigenvalue weighted by atomic mass is 35.5. The summed E-state index contributed by atoms with van der Waals surface area (Å²) in [7, 11) is 0. The lowest BCUT2D eigenvalue weighted by atomic mass is 10.0. The quantitative estimate of drug-likeness (QED) is 0.187. The molecule has 0 unspecified atom stereocenters. The summed E-state index contributed by atoms with van der Waals surface area (Å²) in [5.74, 6) is -0.288. The third-order valence-corrected chi connectivity index (χ3v) is 6.46. The van der Waals surface area contributed by atoms with E-state index in [1.807, 2.05) is 6.20 Å². The molecule has 4 rings (SSSR count). The molecule has 2 fully saturated rings. The van der Waals surface area contributed by atoms with Gasteiger partial charge < -0.3 is 21.3 Å². The van der Waals surface area contributed by atoms with Crippen LogP contribution in [0.3, 0.4) is 0 Å². The standard InChI is InChI=1S/C27H30ClF2N7/c1-17(36-24-21(29)4-3-5-22(24)30)14-18(8-9-31)15-35-27(37-12-10-33-11-13-37)23-20(19-6-7-19)16-34-26(28)25(23)32-2/h3-5,8-9,14,16,19,33,36H,1-2,6-7,10-13,15,31H2/b9-8-,18-14+,35-27+. The number of nitrogens with zero attached hydrogens (tertiary/aromatic N) is 4. The van der Waals surface area contributed by atoms with Crippen molar-refractivity contribution in [2.75, 3.05) is 38.0 Å². The van der Waals surface area contributed by atoms with Crippen molar-refractivity contribution in [3.63, 3.8) is 0 Å². The topological polar surface area (TPSA) is 90.9 Å². The Hall–Kier alpha value is -3.56. The third kappa shape index (κ3) is 6.42. The van der Waals surface area contributed by atoms with Crippen molar-refractivity contribution in [3.8, 4) is 0 Å². The van der Waals surface area contributed by atoms with Crippen molar-refractivity contribution in [2.45, 2.75) is 18.8 Å². The fourth-order valence-corrected chi connectivity index (χ4v) is 4.47. The maximum atomic E-state index is 14.1. The monoisotopic (exact) mass is 525 g/mol. The maximum absolute atomic E-state index is 14.1. The van der Waals surface area contributed by atoms with E-state index in [-0.39, 0.29) is 23.1 Å². The number of nitrogens with two attached hydrogens (primary N) is 1. The number of aliphatic imine (C=N–C) groups is 2. The minimum atomic E-state index is -0.712. The lowest BCUT2D eigenvalue weighted by Crippen LogP contribution is -2.47. The molecule has 194 valence electrons. The molecule has 0 radical (unpaired) electrons. The molecule has 0 amide bonds. The van der Waals surface area contributed by atoms with Gasteiger partial charge >= 0.3 is 0 Å². The van der Waals surface area contributed by atoms with Gasteiger partial charge in [-0.2, -0.15) is 0 Å². The lowest BCUT2D eigenvalue weighted by molar-refractivity contribution is 0.357. The first-order valence-electron chi connectivity index (χ1n) is 12.1. The minimum absolute atomic E-state index is 0.230. The van der Waals surface area contributed by atoms with Crippen LogP contribution in [0.25, 0.3) is 0 Å². The van der Waals surface area contributed by atoms with Crippen LogP contribution >= 0.6 is 11.6 Å². The fourth-order valence-electron chi connectivity index (χ4n) is 4.26. The zero-order valence-corrected chi connectivity index (χ0v) is 21.2. The Balaban J connectivity index is 1.70. The summed E-state index contributed by atoms with van der Waals surface area (Å²) < 4.78 is 28.2. The average molecular weight is 526 g/mol. The molecule has 10 heteroatoms. The van der Waals surface area contributed by atoms with Gasteiger partial charge in [0.15, 0.2) is 5.15 Å². The summed E-state index contributed by atoms with van der Waals surface area (Å²) in [4.78, 5) is 15.8. The van der Waals surface area contributed by atoms with Gasteiger partial charge in [0.25, 0.3) is 0 Å². The zero-order chi connectivity index (χ0) is 26.4. The van der Waals surface area contributed by atoms with Gasteiger partial charge in [-0.1, -0.05) is 24.2 Å². The molecule has 37 heavy (non-hydrogen) atoms. The molecule has 4 N–H and O–H groups in total. The number of pyridine rings is 1. The molecule has 1 saturated carbocycles. The van der Waals surface area contributed by atoms with Gasteiger partial charge in [0.2, 0.25) is 0 Å². The van der Waals surface area contributed by atoms with Crippen LogP contribution < -0.4 is 16.4 Å². The average Bonchev–Trinajstić information content (AvgIpc) is 3.73. The van der Waals surface area contributed by atoms with Crippen molar-refractivity contribution in [1.82, 2.24) is 15.2 Å². The van der Waals surface area contributed by atoms with E-state index in [1.165, 1.54) is 24.4 Å². The number of anilines is 1. The largest absolute Gasteiger partial charge is 0.405 e. The molecule has 0 spiro atoms. The summed E-state index contributed by atoms with van der Waals surface area (Å²) in [5.41, 5.74) is 8.82. The fraction of sp³-hybridized carbons (Fsp3) is 0.296. The van der Waals surface area contributed by atoms with Crippen molar-refractivity contribution in [2.24, 2.45) is 15.7 Å². The number of nitrogens with one attached hydrogen (secondary N) is 2. The molecule has 2 heterocycles. The van der Waals surface area contributed by atoms with E-state index in [2.05, 4.69) is 38.8 Å². The van der Waals surface area contributed by atoms with Crippen molar-refractivity contribution in [3.05, 3.63) is 88.5 Å². The molecule has 1 aliphatic carbocycles. The summed E-state index contributed by atoms with van der Waals surface area (Å²) in [5, 5.41) is 6.34. The van der Waals surface area contributed by atoms with E-state index in [0.29, 0.717) is 17.2 Å². The highest BCUT2D eigenvalue weighted by Gasteiger charge is 2.32. The normalized spacial score (nSPS) is 16.8. The number of para-hydroxylation sites is 1. The predicted octanol–water partition coefficient (Wildman–Crippen LogP) is 4.90. The predicted molar refractivity (Wildman–Crippen MR) is 147 cm³/mol. The minimum Gasteiger partial charge on any atom is -0.405 e. The first kappa shape index (κ1) is 26.5. The number of piperazine rings is 1. The first-order valence-corrected chi connectivity index (χ1v) is 12.4. The van der Waals surface area contributed by atoms with Crippen LogP contribution in [0.15, 0.2) is 70.6 Å². The zero-order valence-electron chi connectivity index (χ0n) is 20.5. The van der Waals surface area contributed by atoms with Gasteiger partial charge in [-0.3, -0.25) is 9.98 Å². The van der Waals surface area contributed by atoms with Gasteiger partial charge in [0.1, 0.15) is 28.8 Å². The molecular formula is C27H30ClF2N7. The maximum Gasteiger partial charge on any atom is 0.155 e. The van der Waals surface area contributed by atoms with Crippen molar-refractivity contribution in [1.29, 1.82) is 0 Å². The van der Waals surface area contributed by atoms with E-state index < -0.39 is 11.6 Å². The second kappa shape index (κ2) is 12.1. The summed E-state index contributed by atoms with van der Waals surface area (Å²) in [6.45, 7) is 11.0. The molecule has 1 aliphatic heterocycles. The van der Waals surface area contributed by atoms with Crippen LogP contribution in [0.5, 0.6) is 0 Å². The Labute approximate surface area is 220 Å². The summed E-state index contributed by atoms with van der Waals surface area (Å²) in [6, 6.07) is 3.66. The summed E-state index contributed by atoms with van der Waals surface area (Å²) in [6.07, 6.45) is 8.67. The van der Waals surface area contributed by atoms with Crippen LogP contribution in [0.2, 0.25) is 5.15 Å². The highest BCUT2D eigenvalue weighted by molar-refractivity contribution is 6.32. The second-order valence-electron chi connectivity index (χ2n) is 8.86. The Morgan fingerprint density at radius 1 is 1.27 bits per heavy atom. The number of halogens is 3. The van der Waals surface area contributed by atoms with Crippen LogP contribution in [0, 0.1) is 11.6 Å².